The molecule has 1 rings (SSSR count). The third kappa shape index (κ3) is 6.67. The Morgan fingerprint density at radius 1 is 1.11 bits per heavy atom. The van der Waals surface area contributed by atoms with Crippen molar-refractivity contribution < 1.29 is 14.3 Å². The van der Waals surface area contributed by atoms with Gasteiger partial charge >= 0.3 is 0 Å². The van der Waals surface area contributed by atoms with E-state index in [0.717, 1.165) is 5.56 Å². The molecule has 2 N–H and O–H groups in total. The van der Waals surface area contributed by atoms with Crippen molar-refractivity contribution in [2.75, 3.05) is 25.6 Å². The smallest absolute Gasteiger partial charge is 0.258 e. The van der Waals surface area contributed by atoms with Gasteiger partial charge in [0.1, 0.15) is 11.6 Å². The second kappa shape index (κ2) is 8.37. The Kier molecular flexibility index (Phi) is 6.74. The quantitative estimate of drug-likeness (QED) is 0.576. The standard InChI is InChI=1S/C13H17ClN2O3/c1-10-2-4-11(5-3-10)19-9-13(18)16-7-6-15-12(17)8-14/h2-5H,6-9H2,1H3,(H,15,17)(H,16,18). The second-order valence-electron chi connectivity index (χ2n) is 3.94. The molecule has 0 unspecified atom stereocenters. The first-order valence-electron chi connectivity index (χ1n) is 5.90. The molecule has 0 heterocycles. The fourth-order valence-electron chi connectivity index (χ4n) is 1.29. The van der Waals surface area contributed by atoms with Crippen LogP contribution in [0.2, 0.25) is 0 Å². The van der Waals surface area contributed by atoms with Gasteiger partial charge in [0.15, 0.2) is 6.61 Å². The van der Waals surface area contributed by atoms with Crippen LogP contribution in [0, 0.1) is 6.92 Å². The number of nitrogens with one attached hydrogen (secondary N) is 2. The van der Waals surface area contributed by atoms with Crippen LogP contribution in [0.4, 0.5) is 0 Å². The van der Waals surface area contributed by atoms with Crippen LogP contribution < -0.4 is 15.4 Å². The van der Waals surface area contributed by atoms with Gasteiger partial charge in [-0.25, -0.2) is 0 Å². The number of benzene rings is 1. The number of amides is 2. The largest absolute Gasteiger partial charge is 0.484 e. The molecule has 2 amide bonds. The fraction of sp³-hybridized carbons (Fsp3) is 0.385. The number of carbonyl (C=O) groups is 2. The highest BCUT2D eigenvalue weighted by molar-refractivity contribution is 6.27. The summed E-state index contributed by atoms with van der Waals surface area (Å²) in [6.45, 7) is 2.62. The molecule has 1 aromatic rings. The summed E-state index contributed by atoms with van der Waals surface area (Å²) in [5.41, 5.74) is 1.13. The molecular weight excluding hydrogens is 268 g/mol. The first-order chi connectivity index (χ1) is 9.11. The maximum atomic E-state index is 11.4. The van der Waals surface area contributed by atoms with Gasteiger partial charge in [0.25, 0.3) is 5.91 Å². The Hall–Kier alpha value is -1.75. The predicted octanol–water partition coefficient (Wildman–Crippen LogP) is 0.845. The Morgan fingerprint density at radius 3 is 2.26 bits per heavy atom. The highest BCUT2D eigenvalue weighted by Gasteiger charge is 2.02. The average Bonchev–Trinajstić information content (AvgIpc) is 2.42. The van der Waals surface area contributed by atoms with Crippen molar-refractivity contribution in [3.8, 4) is 5.75 Å². The topological polar surface area (TPSA) is 67.4 Å². The summed E-state index contributed by atoms with van der Waals surface area (Å²) in [6.07, 6.45) is 0. The molecule has 0 spiro atoms. The van der Waals surface area contributed by atoms with Crippen LogP contribution >= 0.6 is 11.6 Å². The molecule has 0 radical (unpaired) electrons. The Morgan fingerprint density at radius 2 is 1.68 bits per heavy atom. The minimum atomic E-state index is -0.258. The zero-order valence-corrected chi connectivity index (χ0v) is 11.5. The zero-order chi connectivity index (χ0) is 14.1. The van der Waals surface area contributed by atoms with E-state index in [-0.39, 0.29) is 24.3 Å². The lowest BCUT2D eigenvalue weighted by atomic mass is 10.2. The summed E-state index contributed by atoms with van der Waals surface area (Å²) in [5.74, 6) is 0.0773. The number of carbonyl (C=O) groups excluding carboxylic acids is 2. The molecule has 0 bridgehead atoms. The molecule has 19 heavy (non-hydrogen) atoms. The van der Waals surface area contributed by atoms with Crippen LogP contribution in [0.1, 0.15) is 5.56 Å². The number of rotatable bonds is 7. The summed E-state index contributed by atoms with van der Waals surface area (Å²) in [7, 11) is 0. The van der Waals surface area contributed by atoms with Crippen molar-refractivity contribution in [3.05, 3.63) is 29.8 Å². The lowest BCUT2D eigenvalue weighted by Gasteiger charge is -2.08. The van der Waals surface area contributed by atoms with Crippen LogP contribution in [0.5, 0.6) is 5.75 Å². The van der Waals surface area contributed by atoms with E-state index in [0.29, 0.717) is 18.8 Å². The van der Waals surface area contributed by atoms with E-state index in [1.165, 1.54) is 0 Å². The van der Waals surface area contributed by atoms with Crippen molar-refractivity contribution >= 4 is 23.4 Å². The maximum absolute atomic E-state index is 11.4. The molecular formula is C13H17ClN2O3. The van der Waals surface area contributed by atoms with E-state index in [9.17, 15) is 9.59 Å². The van der Waals surface area contributed by atoms with Gasteiger partial charge in [-0.15, -0.1) is 11.6 Å². The maximum Gasteiger partial charge on any atom is 0.258 e. The highest BCUT2D eigenvalue weighted by Crippen LogP contribution is 2.10. The van der Waals surface area contributed by atoms with Crippen LogP contribution in [-0.4, -0.2) is 37.4 Å². The summed E-state index contributed by atoms with van der Waals surface area (Å²) in [6, 6.07) is 7.44. The Bertz CT molecular complexity index is 420. The van der Waals surface area contributed by atoms with Crippen molar-refractivity contribution in [1.82, 2.24) is 10.6 Å². The molecule has 0 fully saturated rings. The molecule has 0 saturated heterocycles. The van der Waals surface area contributed by atoms with E-state index in [1.807, 2.05) is 31.2 Å². The SMILES string of the molecule is Cc1ccc(OCC(=O)NCCNC(=O)CCl)cc1. The summed E-state index contributed by atoms with van der Waals surface area (Å²) in [4.78, 5) is 22.2. The molecule has 0 saturated carbocycles. The number of hydrogen-bond donors (Lipinski definition) is 2. The number of halogens is 1. The zero-order valence-electron chi connectivity index (χ0n) is 10.7. The van der Waals surface area contributed by atoms with Crippen molar-refractivity contribution in [2.24, 2.45) is 0 Å². The molecule has 1 aromatic carbocycles. The summed E-state index contributed by atoms with van der Waals surface area (Å²) >= 11 is 5.30. The van der Waals surface area contributed by atoms with E-state index in [4.69, 9.17) is 16.3 Å². The van der Waals surface area contributed by atoms with E-state index >= 15 is 0 Å². The highest BCUT2D eigenvalue weighted by atomic mass is 35.5. The van der Waals surface area contributed by atoms with Gasteiger partial charge in [-0.2, -0.15) is 0 Å². The minimum Gasteiger partial charge on any atom is -0.484 e. The normalized spacial score (nSPS) is 9.79. The number of aryl methyl sites for hydroxylation is 1. The molecule has 0 aliphatic heterocycles. The van der Waals surface area contributed by atoms with E-state index in [2.05, 4.69) is 10.6 Å². The van der Waals surface area contributed by atoms with Crippen LogP contribution in [0.3, 0.4) is 0 Å². The molecule has 0 atom stereocenters. The van der Waals surface area contributed by atoms with Gasteiger partial charge in [0.05, 0.1) is 0 Å². The number of hydrogen-bond acceptors (Lipinski definition) is 3. The van der Waals surface area contributed by atoms with Gasteiger partial charge in [0.2, 0.25) is 5.91 Å². The third-order valence-electron chi connectivity index (χ3n) is 2.28. The van der Waals surface area contributed by atoms with E-state index in [1.54, 1.807) is 0 Å². The lowest BCUT2D eigenvalue weighted by molar-refractivity contribution is -0.123. The van der Waals surface area contributed by atoms with Crippen molar-refractivity contribution in [3.63, 3.8) is 0 Å². The molecule has 104 valence electrons. The van der Waals surface area contributed by atoms with Crippen LogP contribution in [0.25, 0.3) is 0 Å². The first kappa shape index (κ1) is 15.3. The lowest BCUT2D eigenvalue weighted by Crippen LogP contribution is -2.37. The van der Waals surface area contributed by atoms with Crippen LogP contribution in [-0.2, 0) is 9.59 Å². The molecule has 0 aliphatic carbocycles. The van der Waals surface area contributed by atoms with Crippen molar-refractivity contribution in [2.45, 2.75) is 6.92 Å². The van der Waals surface area contributed by atoms with Gasteiger partial charge in [-0.1, -0.05) is 17.7 Å². The molecule has 6 heteroatoms. The summed E-state index contributed by atoms with van der Waals surface area (Å²) in [5, 5.41) is 5.16. The van der Waals surface area contributed by atoms with Gasteiger partial charge in [-0.3, -0.25) is 9.59 Å². The van der Waals surface area contributed by atoms with Crippen molar-refractivity contribution in [1.29, 1.82) is 0 Å². The molecule has 0 aliphatic rings. The Labute approximate surface area is 117 Å². The third-order valence-corrected chi connectivity index (χ3v) is 2.52. The monoisotopic (exact) mass is 284 g/mol. The molecule has 0 aromatic heterocycles. The Balaban J connectivity index is 2.14. The van der Waals surface area contributed by atoms with Gasteiger partial charge in [-0.05, 0) is 19.1 Å². The molecule has 5 nitrogen and oxygen atoms in total. The summed E-state index contributed by atoms with van der Waals surface area (Å²) < 4.78 is 5.30. The minimum absolute atomic E-state index is 0.0491. The van der Waals surface area contributed by atoms with E-state index < -0.39 is 0 Å². The predicted molar refractivity (Wildman–Crippen MR) is 73.4 cm³/mol. The second-order valence-corrected chi connectivity index (χ2v) is 4.20. The first-order valence-corrected chi connectivity index (χ1v) is 6.44. The fourth-order valence-corrected chi connectivity index (χ4v) is 1.38. The van der Waals surface area contributed by atoms with Gasteiger partial charge < -0.3 is 15.4 Å². The number of ether oxygens (including phenoxy) is 1. The van der Waals surface area contributed by atoms with Gasteiger partial charge in [0, 0.05) is 13.1 Å². The average molecular weight is 285 g/mol. The number of alkyl halides is 1. The van der Waals surface area contributed by atoms with Crippen LogP contribution in [0.15, 0.2) is 24.3 Å².